The molecular formula is C20H25Cl2N5O2S. The lowest BCUT2D eigenvalue weighted by atomic mass is 10.2. The summed E-state index contributed by atoms with van der Waals surface area (Å²) in [7, 11) is 0. The summed E-state index contributed by atoms with van der Waals surface area (Å²) in [5.74, 6) is 0.600. The molecule has 1 fully saturated rings. The number of carbonyl (C=O) groups is 2. The van der Waals surface area contributed by atoms with Crippen molar-refractivity contribution in [3.05, 3.63) is 39.6 Å². The third-order valence-electron chi connectivity index (χ3n) is 5.02. The van der Waals surface area contributed by atoms with Crippen molar-refractivity contribution in [3.8, 4) is 0 Å². The normalized spacial score (nSPS) is 15.2. The Balaban J connectivity index is 1.62. The van der Waals surface area contributed by atoms with E-state index in [1.807, 2.05) is 18.4 Å². The van der Waals surface area contributed by atoms with E-state index in [9.17, 15) is 9.59 Å². The first kappa shape index (κ1) is 22.9. The van der Waals surface area contributed by atoms with Crippen molar-refractivity contribution in [2.45, 2.75) is 63.3 Å². The topological polar surface area (TPSA) is 88.9 Å². The molecule has 0 bridgehead atoms. The highest BCUT2D eigenvalue weighted by molar-refractivity contribution is 7.99. The van der Waals surface area contributed by atoms with Gasteiger partial charge < -0.3 is 15.2 Å². The molecule has 1 aromatic heterocycles. The molecule has 0 aliphatic heterocycles. The first-order chi connectivity index (χ1) is 14.4. The Morgan fingerprint density at radius 3 is 2.67 bits per heavy atom. The largest absolute Gasteiger partial charge is 0.353 e. The van der Waals surface area contributed by atoms with Gasteiger partial charge in [0, 0.05) is 17.6 Å². The standard InChI is InChI=1S/C20H25Cl2N5O2S/c1-3-27-18(12(2)23-19(29)15-9-8-13(21)10-16(15)22)25-26-20(27)30-11-17(28)24-14-6-4-5-7-14/h8-10,12,14H,3-7,11H2,1-2H3,(H,23,29)(H,24,28). The van der Waals surface area contributed by atoms with Crippen LogP contribution in [0.2, 0.25) is 10.0 Å². The first-order valence-corrected chi connectivity index (χ1v) is 11.7. The molecule has 1 unspecified atom stereocenters. The Morgan fingerprint density at radius 2 is 2.00 bits per heavy atom. The lowest BCUT2D eigenvalue weighted by Crippen LogP contribution is -2.33. The van der Waals surface area contributed by atoms with Crippen LogP contribution in [-0.4, -0.2) is 38.4 Å². The summed E-state index contributed by atoms with van der Waals surface area (Å²) in [5.41, 5.74) is 0.341. The minimum Gasteiger partial charge on any atom is -0.353 e. The molecule has 2 N–H and O–H groups in total. The maximum absolute atomic E-state index is 12.6. The molecule has 0 spiro atoms. The fourth-order valence-corrected chi connectivity index (χ4v) is 4.82. The molecule has 1 heterocycles. The number of halogens is 2. The van der Waals surface area contributed by atoms with Crippen molar-refractivity contribution in [1.82, 2.24) is 25.4 Å². The van der Waals surface area contributed by atoms with Gasteiger partial charge in [-0.2, -0.15) is 0 Å². The van der Waals surface area contributed by atoms with E-state index >= 15 is 0 Å². The molecule has 1 saturated carbocycles. The summed E-state index contributed by atoms with van der Waals surface area (Å²) in [5, 5.41) is 15.8. The van der Waals surface area contributed by atoms with E-state index < -0.39 is 6.04 Å². The number of carbonyl (C=O) groups excluding carboxylic acids is 2. The lowest BCUT2D eigenvalue weighted by molar-refractivity contribution is -0.119. The minimum absolute atomic E-state index is 0.0119. The van der Waals surface area contributed by atoms with Crippen LogP contribution in [0.1, 0.15) is 61.8 Å². The van der Waals surface area contributed by atoms with E-state index in [0.717, 1.165) is 12.8 Å². The van der Waals surface area contributed by atoms with Gasteiger partial charge in [0.15, 0.2) is 11.0 Å². The number of amides is 2. The molecule has 10 heteroatoms. The van der Waals surface area contributed by atoms with E-state index in [0.29, 0.717) is 34.2 Å². The summed E-state index contributed by atoms with van der Waals surface area (Å²) in [6.07, 6.45) is 4.47. The zero-order chi connectivity index (χ0) is 21.7. The maximum Gasteiger partial charge on any atom is 0.253 e. The zero-order valence-corrected chi connectivity index (χ0v) is 19.3. The monoisotopic (exact) mass is 469 g/mol. The van der Waals surface area contributed by atoms with Gasteiger partial charge in [-0.05, 0) is 44.9 Å². The molecule has 1 atom stereocenters. The van der Waals surface area contributed by atoms with Crippen LogP contribution in [0.5, 0.6) is 0 Å². The molecule has 1 aromatic carbocycles. The van der Waals surface area contributed by atoms with Gasteiger partial charge in [-0.1, -0.05) is 47.8 Å². The van der Waals surface area contributed by atoms with Crippen LogP contribution in [0.15, 0.2) is 23.4 Å². The highest BCUT2D eigenvalue weighted by Crippen LogP contribution is 2.24. The van der Waals surface area contributed by atoms with Crippen molar-refractivity contribution in [3.63, 3.8) is 0 Å². The van der Waals surface area contributed by atoms with Crippen LogP contribution in [0.4, 0.5) is 0 Å². The Bertz CT molecular complexity index is 915. The molecule has 30 heavy (non-hydrogen) atoms. The van der Waals surface area contributed by atoms with Gasteiger partial charge in [-0.3, -0.25) is 9.59 Å². The van der Waals surface area contributed by atoms with Crippen LogP contribution >= 0.6 is 35.0 Å². The van der Waals surface area contributed by atoms with E-state index in [4.69, 9.17) is 23.2 Å². The molecule has 2 aromatic rings. The van der Waals surface area contributed by atoms with Crippen LogP contribution < -0.4 is 10.6 Å². The molecule has 0 saturated heterocycles. The van der Waals surface area contributed by atoms with Crippen LogP contribution in [-0.2, 0) is 11.3 Å². The quantitative estimate of drug-likeness (QED) is 0.564. The Morgan fingerprint density at radius 1 is 1.27 bits per heavy atom. The van der Waals surface area contributed by atoms with Crippen molar-refractivity contribution in [2.24, 2.45) is 0 Å². The van der Waals surface area contributed by atoms with Crippen molar-refractivity contribution in [2.75, 3.05) is 5.75 Å². The van der Waals surface area contributed by atoms with Gasteiger partial charge in [0.1, 0.15) is 0 Å². The van der Waals surface area contributed by atoms with Crippen molar-refractivity contribution < 1.29 is 9.59 Å². The third-order valence-corrected chi connectivity index (χ3v) is 6.54. The molecule has 1 aliphatic carbocycles. The summed E-state index contributed by atoms with van der Waals surface area (Å²) in [6, 6.07) is 4.64. The van der Waals surface area contributed by atoms with E-state index in [2.05, 4.69) is 20.8 Å². The molecule has 162 valence electrons. The van der Waals surface area contributed by atoms with Crippen molar-refractivity contribution >= 4 is 46.8 Å². The minimum atomic E-state index is -0.390. The van der Waals surface area contributed by atoms with E-state index in [-0.39, 0.29) is 22.6 Å². The number of aromatic nitrogens is 3. The predicted molar refractivity (Wildman–Crippen MR) is 119 cm³/mol. The number of hydrogen-bond acceptors (Lipinski definition) is 5. The Hall–Kier alpha value is -1.77. The molecular weight excluding hydrogens is 445 g/mol. The molecule has 2 amide bonds. The third kappa shape index (κ3) is 5.68. The summed E-state index contributed by atoms with van der Waals surface area (Å²) in [6.45, 7) is 4.43. The summed E-state index contributed by atoms with van der Waals surface area (Å²) in [4.78, 5) is 24.8. The first-order valence-electron chi connectivity index (χ1n) is 10.00. The van der Waals surface area contributed by atoms with Gasteiger partial charge in [-0.25, -0.2) is 0 Å². The van der Waals surface area contributed by atoms with E-state index in [1.54, 1.807) is 12.1 Å². The smallest absolute Gasteiger partial charge is 0.253 e. The maximum atomic E-state index is 12.6. The van der Waals surface area contributed by atoms with Crippen LogP contribution in [0.3, 0.4) is 0 Å². The zero-order valence-electron chi connectivity index (χ0n) is 17.0. The SMILES string of the molecule is CCn1c(SCC(=O)NC2CCCC2)nnc1C(C)NC(=O)c1ccc(Cl)cc1Cl. The van der Waals surface area contributed by atoms with Gasteiger partial charge in [0.05, 0.1) is 22.4 Å². The number of rotatable bonds is 8. The lowest BCUT2D eigenvalue weighted by Gasteiger charge is -2.16. The Labute approximate surface area is 190 Å². The fraction of sp³-hybridized carbons (Fsp3) is 0.500. The van der Waals surface area contributed by atoms with Crippen molar-refractivity contribution in [1.29, 1.82) is 0 Å². The molecule has 3 rings (SSSR count). The second kappa shape index (κ2) is 10.5. The summed E-state index contributed by atoms with van der Waals surface area (Å²) >= 11 is 13.4. The molecule has 0 radical (unpaired) electrons. The van der Waals surface area contributed by atoms with E-state index in [1.165, 1.54) is 30.7 Å². The number of nitrogens with zero attached hydrogens (tertiary/aromatic N) is 3. The average molecular weight is 470 g/mol. The van der Waals surface area contributed by atoms with Gasteiger partial charge in [0.2, 0.25) is 5.91 Å². The highest BCUT2D eigenvalue weighted by Gasteiger charge is 2.22. The van der Waals surface area contributed by atoms with Crippen LogP contribution in [0, 0.1) is 0 Å². The predicted octanol–water partition coefficient (Wildman–Crippen LogP) is 4.25. The molecule has 7 nitrogen and oxygen atoms in total. The summed E-state index contributed by atoms with van der Waals surface area (Å²) < 4.78 is 1.90. The van der Waals surface area contributed by atoms with Crippen LogP contribution in [0.25, 0.3) is 0 Å². The van der Waals surface area contributed by atoms with Gasteiger partial charge >= 0.3 is 0 Å². The number of nitrogens with one attached hydrogen (secondary N) is 2. The average Bonchev–Trinajstić information content (AvgIpc) is 3.35. The molecule has 1 aliphatic rings. The number of hydrogen-bond donors (Lipinski definition) is 2. The van der Waals surface area contributed by atoms with Gasteiger partial charge in [0.25, 0.3) is 5.91 Å². The Kier molecular flexibility index (Phi) is 8.02. The second-order valence-electron chi connectivity index (χ2n) is 7.24. The van der Waals surface area contributed by atoms with Gasteiger partial charge in [-0.15, -0.1) is 10.2 Å². The fourth-order valence-electron chi connectivity index (χ4n) is 3.51. The second-order valence-corrected chi connectivity index (χ2v) is 9.03. The number of benzene rings is 1. The number of thioether (sulfide) groups is 1. The highest BCUT2D eigenvalue weighted by atomic mass is 35.5.